The summed E-state index contributed by atoms with van der Waals surface area (Å²) in [5.41, 5.74) is -0.508. The minimum atomic E-state index is -1.41. The number of hydrogen-bond acceptors (Lipinski definition) is 3. The van der Waals surface area contributed by atoms with E-state index in [9.17, 15) is 14.4 Å². The summed E-state index contributed by atoms with van der Waals surface area (Å²) >= 11 is 0. The fraction of sp³-hybridized carbons (Fsp3) is 0.154. The molecule has 0 radical (unpaired) electrons. The van der Waals surface area contributed by atoms with Crippen LogP contribution in [0, 0.1) is 0 Å². The van der Waals surface area contributed by atoms with E-state index in [1.54, 1.807) is 30.3 Å². The normalized spacial score (nSPS) is 12.2. The van der Waals surface area contributed by atoms with Crippen molar-refractivity contribution >= 4 is 22.7 Å². The Labute approximate surface area is 107 Å². The highest BCUT2D eigenvalue weighted by Crippen LogP contribution is 2.14. The van der Waals surface area contributed by atoms with Gasteiger partial charge in [-0.2, -0.15) is 0 Å². The fourth-order valence-electron chi connectivity index (χ4n) is 1.92. The monoisotopic (exact) mass is 261 g/mol. The molecule has 1 heterocycles. The SMILES string of the molecule is O=C(O)C[C@H](C(=O)O)n1ccc2ccccc2c1=O. The van der Waals surface area contributed by atoms with E-state index >= 15 is 0 Å². The molecule has 2 aromatic rings. The van der Waals surface area contributed by atoms with Crippen LogP contribution >= 0.6 is 0 Å². The largest absolute Gasteiger partial charge is 0.481 e. The lowest BCUT2D eigenvalue weighted by molar-refractivity contribution is -0.147. The third kappa shape index (κ3) is 2.47. The zero-order valence-electron chi connectivity index (χ0n) is 9.81. The van der Waals surface area contributed by atoms with Crippen LogP contribution in [0.15, 0.2) is 41.3 Å². The van der Waals surface area contributed by atoms with E-state index < -0.39 is 30.0 Å². The van der Waals surface area contributed by atoms with Crippen molar-refractivity contribution in [2.75, 3.05) is 0 Å². The number of pyridine rings is 1. The summed E-state index contributed by atoms with van der Waals surface area (Å²) in [6.45, 7) is 0. The van der Waals surface area contributed by atoms with E-state index in [0.717, 1.165) is 4.57 Å². The molecule has 19 heavy (non-hydrogen) atoms. The molecule has 0 saturated carbocycles. The Morgan fingerprint density at radius 3 is 2.47 bits per heavy atom. The van der Waals surface area contributed by atoms with Crippen LogP contribution in [0.25, 0.3) is 10.8 Å². The summed E-state index contributed by atoms with van der Waals surface area (Å²) in [7, 11) is 0. The molecule has 2 N–H and O–H groups in total. The molecule has 0 aliphatic rings. The molecule has 0 unspecified atom stereocenters. The van der Waals surface area contributed by atoms with Crippen LogP contribution in [0.5, 0.6) is 0 Å². The number of carboxylic acid groups (broad SMARTS) is 2. The number of nitrogens with zero attached hydrogens (tertiary/aromatic N) is 1. The summed E-state index contributed by atoms with van der Waals surface area (Å²) < 4.78 is 0.943. The van der Waals surface area contributed by atoms with Crippen molar-refractivity contribution < 1.29 is 19.8 Å². The molecular formula is C13H11NO5. The molecule has 0 bridgehead atoms. The molecule has 6 heteroatoms. The number of carboxylic acids is 2. The van der Waals surface area contributed by atoms with Gasteiger partial charge in [0.1, 0.15) is 6.04 Å². The number of rotatable bonds is 4. The van der Waals surface area contributed by atoms with Crippen molar-refractivity contribution in [2.24, 2.45) is 0 Å². The topological polar surface area (TPSA) is 96.6 Å². The maximum atomic E-state index is 12.2. The Hall–Kier alpha value is -2.63. The molecule has 0 saturated heterocycles. The maximum Gasteiger partial charge on any atom is 0.327 e. The Balaban J connectivity index is 2.60. The molecule has 0 fully saturated rings. The summed E-state index contributed by atoms with van der Waals surface area (Å²) in [6, 6.07) is 6.92. The van der Waals surface area contributed by atoms with Gasteiger partial charge in [0, 0.05) is 11.6 Å². The second-order valence-corrected chi connectivity index (χ2v) is 4.07. The van der Waals surface area contributed by atoms with Gasteiger partial charge in [0.2, 0.25) is 0 Å². The minimum Gasteiger partial charge on any atom is -0.481 e. The van der Waals surface area contributed by atoms with Gasteiger partial charge in [0.15, 0.2) is 0 Å². The lowest BCUT2D eigenvalue weighted by Crippen LogP contribution is -2.31. The van der Waals surface area contributed by atoms with Gasteiger partial charge in [-0.05, 0) is 17.5 Å². The number of carbonyl (C=O) groups is 2. The highest BCUT2D eigenvalue weighted by molar-refractivity contribution is 5.83. The van der Waals surface area contributed by atoms with Gasteiger partial charge in [-0.3, -0.25) is 9.59 Å². The molecule has 1 aromatic carbocycles. The van der Waals surface area contributed by atoms with Crippen LogP contribution < -0.4 is 5.56 Å². The minimum absolute atomic E-state index is 0.363. The highest BCUT2D eigenvalue weighted by atomic mass is 16.4. The molecule has 6 nitrogen and oxygen atoms in total. The van der Waals surface area contributed by atoms with E-state index in [2.05, 4.69) is 0 Å². The summed E-state index contributed by atoms with van der Waals surface area (Å²) in [5.74, 6) is -2.62. The molecule has 1 atom stereocenters. The van der Waals surface area contributed by atoms with Crippen molar-refractivity contribution in [1.82, 2.24) is 4.57 Å². The number of hydrogen-bond donors (Lipinski definition) is 2. The second-order valence-electron chi connectivity index (χ2n) is 4.07. The van der Waals surface area contributed by atoms with E-state index in [-0.39, 0.29) is 0 Å². The van der Waals surface area contributed by atoms with E-state index in [1.165, 1.54) is 6.20 Å². The first kappa shape index (κ1) is 12.8. The van der Waals surface area contributed by atoms with Crippen molar-refractivity contribution in [2.45, 2.75) is 12.5 Å². The van der Waals surface area contributed by atoms with Gasteiger partial charge in [0.25, 0.3) is 5.56 Å². The quantitative estimate of drug-likeness (QED) is 0.859. The number of benzene rings is 1. The average molecular weight is 261 g/mol. The average Bonchev–Trinajstić information content (AvgIpc) is 2.37. The molecule has 0 aliphatic carbocycles. The first-order chi connectivity index (χ1) is 9.00. The van der Waals surface area contributed by atoms with Crippen LogP contribution in [0.2, 0.25) is 0 Å². The van der Waals surface area contributed by atoms with Crippen LogP contribution in [0.1, 0.15) is 12.5 Å². The fourth-order valence-corrected chi connectivity index (χ4v) is 1.92. The van der Waals surface area contributed by atoms with Gasteiger partial charge in [-0.1, -0.05) is 18.2 Å². The predicted octanol–water partition coefficient (Wildman–Crippen LogP) is 1.10. The zero-order valence-corrected chi connectivity index (χ0v) is 9.81. The third-order valence-electron chi connectivity index (χ3n) is 2.83. The van der Waals surface area contributed by atoms with E-state index in [0.29, 0.717) is 10.8 Å². The summed E-state index contributed by atoms with van der Waals surface area (Å²) in [5, 5.41) is 18.8. The van der Waals surface area contributed by atoms with Crippen LogP contribution in [0.4, 0.5) is 0 Å². The van der Waals surface area contributed by atoms with Gasteiger partial charge in [-0.15, -0.1) is 0 Å². The Kier molecular flexibility index (Phi) is 3.33. The molecule has 98 valence electrons. The number of fused-ring (bicyclic) bond motifs is 1. The summed E-state index contributed by atoms with van der Waals surface area (Å²) in [4.78, 5) is 33.9. The zero-order chi connectivity index (χ0) is 14.0. The van der Waals surface area contributed by atoms with Gasteiger partial charge in [-0.25, -0.2) is 4.79 Å². The molecule has 2 rings (SSSR count). The Bertz CT molecular complexity index is 703. The van der Waals surface area contributed by atoms with Gasteiger partial charge >= 0.3 is 11.9 Å². The molecule has 0 aliphatic heterocycles. The number of aliphatic carboxylic acids is 2. The standard InChI is InChI=1S/C13H11NO5/c15-11(16)7-10(13(18)19)14-6-5-8-3-1-2-4-9(8)12(14)17/h1-6,10H,7H2,(H,15,16)(H,18,19)/t10-/m1/s1. The van der Waals surface area contributed by atoms with E-state index in [4.69, 9.17) is 10.2 Å². The van der Waals surface area contributed by atoms with E-state index in [1.807, 2.05) is 0 Å². The van der Waals surface area contributed by atoms with Crippen molar-refractivity contribution in [3.8, 4) is 0 Å². The van der Waals surface area contributed by atoms with Crippen molar-refractivity contribution in [3.63, 3.8) is 0 Å². The predicted molar refractivity (Wildman–Crippen MR) is 67.1 cm³/mol. The molecule has 0 amide bonds. The molecule has 0 spiro atoms. The van der Waals surface area contributed by atoms with Crippen LogP contribution in [0.3, 0.4) is 0 Å². The maximum absolute atomic E-state index is 12.2. The van der Waals surface area contributed by atoms with Gasteiger partial charge < -0.3 is 14.8 Å². The highest BCUT2D eigenvalue weighted by Gasteiger charge is 2.24. The molecule has 1 aromatic heterocycles. The van der Waals surface area contributed by atoms with Crippen molar-refractivity contribution in [3.05, 3.63) is 46.9 Å². The van der Waals surface area contributed by atoms with Crippen LogP contribution in [-0.2, 0) is 9.59 Å². The first-order valence-electron chi connectivity index (χ1n) is 5.55. The van der Waals surface area contributed by atoms with Gasteiger partial charge in [0.05, 0.1) is 6.42 Å². The first-order valence-corrected chi connectivity index (χ1v) is 5.55. The number of aromatic nitrogens is 1. The van der Waals surface area contributed by atoms with Crippen molar-refractivity contribution in [1.29, 1.82) is 0 Å². The Morgan fingerprint density at radius 1 is 1.16 bits per heavy atom. The summed E-state index contributed by atoms with van der Waals surface area (Å²) in [6.07, 6.45) is 0.667. The lowest BCUT2D eigenvalue weighted by atomic mass is 10.1. The molecular weight excluding hydrogens is 250 g/mol. The van der Waals surface area contributed by atoms with Crippen LogP contribution in [-0.4, -0.2) is 26.7 Å². The third-order valence-corrected chi connectivity index (χ3v) is 2.83. The lowest BCUT2D eigenvalue weighted by Gasteiger charge is -2.14. The Morgan fingerprint density at radius 2 is 1.84 bits per heavy atom. The smallest absolute Gasteiger partial charge is 0.327 e. The second kappa shape index (κ2) is 4.93.